The van der Waals surface area contributed by atoms with E-state index in [0.29, 0.717) is 6.54 Å². The molecule has 0 aliphatic carbocycles. The molecule has 0 aliphatic rings. The first-order valence-electron chi connectivity index (χ1n) is 5.84. The average Bonchev–Trinajstić information content (AvgIpc) is 2.83. The Hall–Kier alpha value is -2.07. The van der Waals surface area contributed by atoms with Gasteiger partial charge in [0.15, 0.2) is 0 Å². The molecular formula is C14H11ClFN3. The van der Waals surface area contributed by atoms with E-state index in [9.17, 15) is 4.39 Å². The van der Waals surface area contributed by atoms with Gasteiger partial charge < -0.3 is 5.32 Å². The van der Waals surface area contributed by atoms with Gasteiger partial charge in [-0.1, -0.05) is 17.7 Å². The van der Waals surface area contributed by atoms with Gasteiger partial charge in [-0.2, -0.15) is 5.10 Å². The molecular weight excluding hydrogens is 265 g/mol. The lowest BCUT2D eigenvalue weighted by atomic mass is 10.2. The van der Waals surface area contributed by atoms with Crippen molar-refractivity contribution >= 4 is 22.8 Å². The molecule has 2 aromatic heterocycles. The van der Waals surface area contributed by atoms with Crippen LogP contribution in [-0.2, 0) is 6.54 Å². The number of hydrogen-bond acceptors (Lipinski definition) is 2. The summed E-state index contributed by atoms with van der Waals surface area (Å²) in [7, 11) is 0. The van der Waals surface area contributed by atoms with Crippen molar-refractivity contribution in [1.82, 2.24) is 9.61 Å². The lowest BCUT2D eigenvalue weighted by Crippen LogP contribution is -1.99. The molecule has 0 fully saturated rings. The highest BCUT2D eigenvalue weighted by molar-refractivity contribution is 6.31. The molecule has 3 aromatic rings. The Kier molecular flexibility index (Phi) is 3.09. The first-order chi connectivity index (χ1) is 9.24. The molecule has 1 aromatic carbocycles. The molecule has 0 unspecified atom stereocenters. The van der Waals surface area contributed by atoms with E-state index in [2.05, 4.69) is 10.4 Å². The zero-order valence-corrected chi connectivity index (χ0v) is 10.7. The second-order valence-corrected chi connectivity index (χ2v) is 4.59. The fraction of sp³-hybridized carbons (Fsp3) is 0.0714. The standard InChI is InChI=1S/C14H11ClFN3/c15-12-7-11(4-5-13(12)16)17-8-10-9-18-19-6-2-1-3-14(10)19/h1-7,9,17H,8H2. The summed E-state index contributed by atoms with van der Waals surface area (Å²) in [5.74, 6) is -0.414. The van der Waals surface area contributed by atoms with Gasteiger partial charge >= 0.3 is 0 Å². The van der Waals surface area contributed by atoms with Gasteiger partial charge in [0.2, 0.25) is 0 Å². The molecule has 5 heteroatoms. The smallest absolute Gasteiger partial charge is 0.141 e. The fourth-order valence-electron chi connectivity index (χ4n) is 1.93. The van der Waals surface area contributed by atoms with Gasteiger partial charge in [-0.3, -0.25) is 0 Å². The number of halogens is 2. The molecule has 0 saturated heterocycles. The van der Waals surface area contributed by atoms with Crippen LogP contribution in [0.1, 0.15) is 5.56 Å². The number of hydrogen-bond donors (Lipinski definition) is 1. The molecule has 3 rings (SSSR count). The Balaban J connectivity index is 1.80. The number of fused-ring (bicyclic) bond motifs is 1. The molecule has 1 N–H and O–H groups in total. The molecule has 0 bridgehead atoms. The summed E-state index contributed by atoms with van der Waals surface area (Å²) in [6, 6.07) is 10.5. The van der Waals surface area contributed by atoms with Crippen LogP contribution in [0.5, 0.6) is 0 Å². The van der Waals surface area contributed by atoms with Gasteiger partial charge in [0.1, 0.15) is 5.82 Å². The lowest BCUT2D eigenvalue weighted by molar-refractivity contribution is 0.628. The van der Waals surface area contributed by atoms with Crippen LogP contribution in [-0.4, -0.2) is 9.61 Å². The monoisotopic (exact) mass is 275 g/mol. The maximum absolute atomic E-state index is 13.0. The third kappa shape index (κ3) is 2.39. The zero-order chi connectivity index (χ0) is 13.2. The molecule has 19 heavy (non-hydrogen) atoms. The predicted molar refractivity (Wildman–Crippen MR) is 73.9 cm³/mol. The number of nitrogens with zero attached hydrogens (tertiary/aromatic N) is 2. The second kappa shape index (κ2) is 4.90. The van der Waals surface area contributed by atoms with Gasteiger partial charge in [0.25, 0.3) is 0 Å². The largest absolute Gasteiger partial charge is 0.381 e. The van der Waals surface area contributed by atoms with E-state index in [1.54, 1.807) is 12.1 Å². The quantitative estimate of drug-likeness (QED) is 0.789. The van der Waals surface area contributed by atoms with Crippen LogP contribution in [0.3, 0.4) is 0 Å². The van der Waals surface area contributed by atoms with Crippen molar-refractivity contribution in [1.29, 1.82) is 0 Å². The number of anilines is 1. The van der Waals surface area contributed by atoms with Crippen molar-refractivity contribution in [3.63, 3.8) is 0 Å². The number of nitrogens with one attached hydrogen (secondary N) is 1. The van der Waals surface area contributed by atoms with Gasteiger partial charge in [0, 0.05) is 24.0 Å². The number of rotatable bonds is 3. The summed E-state index contributed by atoms with van der Waals surface area (Å²) in [6.07, 6.45) is 3.71. The van der Waals surface area contributed by atoms with Gasteiger partial charge in [-0.25, -0.2) is 8.91 Å². The van der Waals surface area contributed by atoms with E-state index in [-0.39, 0.29) is 5.02 Å². The van der Waals surface area contributed by atoms with Crippen molar-refractivity contribution in [3.05, 3.63) is 65.2 Å². The lowest BCUT2D eigenvalue weighted by Gasteiger charge is -2.06. The van der Waals surface area contributed by atoms with Crippen molar-refractivity contribution in [2.75, 3.05) is 5.32 Å². The van der Waals surface area contributed by atoms with E-state index in [4.69, 9.17) is 11.6 Å². The molecule has 3 nitrogen and oxygen atoms in total. The topological polar surface area (TPSA) is 29.3 Å². The third-order valence-electron chi connectivity index (χ3n) is 2.91. The molecule has 0 atom stereocenters. The molecule has 96 valence electrons. The Bertz CT molecular complexity index is 724. The summed E-state index contributed by atoms with van der Waals surface area (Å²) in [6.45, 7) is 0.607. The molecule has 2 heterocycles. The van der Waals surface area contributed by atoms with Crippen molar-refractivity contribution in [2.24, 2.45) is 0 Å². The molecule has 0 saturated carbocycles. The van der Waals surface area contributed by atoms with Crippen LogP contribution in [0.25, 0.3) is 5.52 Å². The number of aromatic nitrogens is 2. The van der Waals surface area contributed by atoms with E-state index in [1.807, 2.05) is 35.1 Å². The Morgan fingerprint density at radius 2 is 2.16 bits per heavy atom. The van der Waals surface area contributed by atoms with E-state index < -0.39 is 5.82 Å². The Morgan fingerprint density at radius 1 is 1.26 bits per heavy atom. The highest BCUT2D eigenvalue weighted by Gasteiger charge is 2.04. The number of benzene rings is 1. The Labute approximate surface area is 114 Å². The van der Waals surface area contributed by atoms with Crippen LogP contribution < -0.4 is 5.32 Å². The third-order valence-corrected chi connectivity index (χ3v) is 3.20. The maximum Gasteiger partial charge on any atom is 0.141 e. The summed E-state index contributed by atoms with van der Waals surface area (Å²) >= 11 is 5.74. The number of pyridine rings is 1. The maximum atomic E-state index is 13.0. The minimum atomic E-state index is -0.414. The van der Waals surface area contributed by atoms with Crippen molar-refractivity contribution < 1.29 is 4.39 Å². The highest BCUT2D eigenvalue weighted by atomic mass is 35.5. The van der Waals surface area contributed by atoms with Crippen molar-refractivity contribution in [3.8, 4) is 0 Å². The summed E-state index contributed by atoms with van der Waals surface area (Å²) < 4.78 is 14.9. The first kappa shape index (κ1) is 12.0. The zero-order valence-electron chi connectivity index (χ0n) is 9.98. The van der Waals surface area contributed by atoms with E-state index in [0.717, 1.165) is 16.8 Å². The first-order valence-corrected chi connectivity index (χ1v) is 6.22. The second-order valence-electron chi connectivity index (χ2n) is 4.18. The van der Waals surface area contributed by atoms with Gasteiger partial charge in [-0.05, 0) is 30.3 Å². The van der Waals surface area contributed by atoms with Crippen LogP contribution in [0, 0.1) is 5.82 Å². The SMILES string of the molecule is Fc1ccc(NCc2cnn3ccccc23)cc1Cl. The molecule has 0 radical (unpaired) electrons. The van der Waals surface area contributed by atoms with Crippen LogP contribution in [0.4, 0.5) is 10.1 Å². The normalized spacial score (nSPS) is 10.8. The molecule has 0 aliphatic heterocycles. The molecule has 0 spiro atoms. The van der Waals surface area contributed by atoms with E-state index >= 15 is 0 Å². The summed E-state index contributed by atoms with van der Waals surface area (Å²) in [5, 5.41) is 7.57. The average molecular weight is 276 g/mol. The van der Waals surface area contributed by atoms with Gasteiger partial charge in [-0.15, -0.1) is 0 Å². The van der Waals surface area contributed by atoms with Crippen LogP contribution in [0.2, 0.25) is 5.02 Å². The minimum Gasteiger partial charge on any atom is -0.381 e. The highest BCUT2D eigenvalue weighted by Crippen LogP contribution is 2.20. The minimum absolute atomic E-state index is 0.116. The van der Waals surface area contributed by atoms with Crippen LogP contribution in [0.15, 0.2) is 48.8 Å². The van der Waals surface area contributed by atoms with E-state index in [1.165, 1.54) is 6.07 Å². The van der Waals surface area contributed by atoms with Gasteiger partial charge in [0.05, 0.1) is 16.7 Å². The Morgan fingerprint density at radius 3 is 3.00 bits per heavy atom. The van der Waals surface area contributed by atoms with Crippen molar-refractivity contribution in [2.45, 2.75) is 6.54 Å². The molecule has 0 amide bonds. The fourth-order valence-corrected chi connectivity index (χ4v) is 2.11. The summed E-state index contributed by atoms with van der Waals surface area (Å²) in [4.78, 5) is 0. The predicted octanol–water partition coefficient (Wildman–Crippen LogP) is 3.74. The summed E-state index contributed by atoms with van der Waals surface area (Å²) in [5.41, 5.74) is 2.89. The van der Waals surface area contributed by atoms with Crippen LogP contribution >= 0.6 is 11.6 Å².